The highest BCUT2D eigenvalue weighted by Crippen LogP contribution is 2.37. The predicted molar refractivity (Wildman–Crippen MR) is 86.2 cm³/mol. The Balaban J connectivity index is 1.75. The van der Waals surface area contributed by atoms with E-state index in [0.717, 1.165) is 16.9 Å². The molecule has 0 radical (unpaired) electrons. The smallest absolute Gasteiger partial charge is 0.0208 e. The molecule has 1 saturated carbocycles. The molecular weight excluding hydrogens is 298 g/mol. The molecule has 1 aliphatic carbocycles. The van der Waals surface area contributed by atoms with Crippen LogP contribution in [0.25, 0.3) is 0 Å². The van der Waals surface area contributed by atoms with E-state index in [-0.39, 0.29) is 0 Å². The molecule has 0 heterocycles. The first-order valence-corrected chi connectivity index (χ1v) is 8.22. The van der Waals surface area contributed by atoms with Gasteiger partial charge in [0.1, 0.15) is 0 Å². The molecule has 1 fully saturated rings. The van der Waals surface area contributed by atoms with Gasteiger partial charge in [0.25, 0.3) is 0 Å². The third-order valence-corrected chi connectivity index (χ3v) is 4.99. The van der Waals surface area contributed by atoms with Crippen LogP contribution in [0, 0.1) is 11.3 Å². The number of hydrogen-bond acceptors (Lipinski definition) is 1. The SMILES string of the molecule is CC(C)(C)C1CCC(NCc2ccc(Br)cc2)CC1. The van der Waals surface area contributed by atoms with Crippen LogP contribution < -0.4 is 5.32 Å². The lowest BCUT2D eigenvalue weighted by Gasteiger charge is -2.37. The fourth-order valence-corrected chi connectivity index (χ4v) is 3.29. The zero-order chi connectivity index (χ0) is 13.9. The molecule has 1 nitrogen and oxygen atoms in total. The van der Waals surface area contributed by atoms with Crippen LogP contribution in [0.5, 0.6) is 0 Å². The zero-order valence-electron chi connectivity index (χ0n) is 12.4. The van der Waals surface area contributed by atoms with Crippen LogP contribution in [0.3, 0.4) is 0 Å². The summed E-state index contributed by atoms with van der Waals surface area (Å²) >= 11 is 3.48. The Labute approximate surface area is 126 Å². The van der Waals surface area contributed by atoms with E-state index in [2.05, 4.69) is 66.3 Å². The molecule has 0 aliphatic heterocycles. The standard InChI is InChI=1S/C17H26BrN/c1-17(2,3)14-6-10-16(11-7-14)19-12-13-4-8-15(18)9-5-13/h4-5,8-9,14,16,19H,6-7,10-12H2,1-3H3. The van der Waals surface area contributed by atoms with Gasteiger partial charge in [-0.25, -0.2) is 0 Å². The maximum absolute atomic E-state index is 3.71. The molecule has 0 bridgehead atoms. The van der Waals surface area contributed by atoms with Crippen LogP contribution in [-0.4, -0.2) is 6.04 Å². The quantitative estimate of drug-likeness (QED) is 0.811. The maximum Gasteiger partial charge on any atom is 0.0208 e. The molecule has 0 atom stereocenters. The molecular formula is C17H26BrN. The Bertz CT molecular complexity index is 383. The first-order chi connectivity index (χ1) is 8.95. The molecule has 0 unspecified atom stereocenters. The summed E-state index contributed by atoms with van der Waals surface area (Å²) in [5.41, 5.74) is 1.86. The highest BCUT2D eigenvalue weighted by atomic mass is 79.9. The number of halogens is 1. The molecule has 19 heavy (non-hydrogen) atoms. The second kappa shape index (κ2) is 6.41. The van der Waals surface area contributed by atoms with Crippen molar-refractivity contribution in [1.82, 2.24) is 5.32 Å². The minimum Gasteiger partial charge on any atom is -0.310 e. The first-order valence-electron chi connectivity index (χ1n) is 7.43. The van der Waals surface area contributed by atoms with E-state index in [1.165, 1.54) is 31.2 Å². The third kappa shape index (κ3) is 4.61. The molecule has 1 aliphatic rings. The van der Waals surface area contributed by atoms with E-state index < -0.39 is 0 Å². The van der Waals surface area contributed by atoms with Gasteiger partial charge in [0.15, 0.2) is 0 Å². The van der Waals surface area contributed by atoms with Crippen molar-refractivity contribution in [3.8, 4) is 0 Å². The first kappa shape index (κ1) is 15.1. The summed E-state index contributed by atoms with van der Waals surface area (Å²) in [4.78, 5) is 0. The molecule has 2 rings (SSSR count). The van der Waals surface area contributed by atoms with E-state index in [1.54, 1.807) is 0 Å². The Morgan fingerprint density at radius 3 is 2.16 bits per heavy atom. The van der Waals surface area contributed by atoms with Crippen molar-refractivity contribution in [2.75, 3.05) is 0 Å². The Hall–Kier alpha value is -0.340. The van der Waals surface area contributed by atoms with Crippen LogP contribution in [0.4, 0.5) is 0 Å². The molecule has 1 aromatic rings. The average molecular weight is 324 g/mol. The summed E-state index contributed by atoms with van der Waals surface area (Å²) in [6.45, 7) is 8.14. The molecule has 2 heteroatoms. The van der Waals surface area contributed by atoms with Crippen molar-refractivity contribution >= 4 is 15.9 Å². The second-order valence-electron chi connectivity index (χ2n) is 6.92. The van der Waals surface area contributed by atoms with Gasteiger partial charge < -0.3 is 5.32 Å². The van der Waals surface area contributed by atoms with Crippen molar-refractivity contribution in [1.29, 1.82) is 0 Å². The lowest BCUT2D eigenvalue weighted by Crippen LogP contribution is -2.35. The van der Waals surface area contributed by atoms with E-state index >= 15 is 0 Å². The van der Waals surface area contributed by atoms with Crippen molar-refractivity contribution in [2.24, 2.45) is 11.3 Å². The van der Waals surface area contributed by atoms with Gasteiger partial charge in [-0.1, -0.05) is 48.8 Å². The van der Waals surface area contributed by atoms with Crippen LogP contribution >= 0.6 is 15.9 Å². The lowest BCUT2D eigenvalue weighted by atomic mass is 9.71. The van der Waals surface area contributed by atoms with Gasteiger partial charge in [0.2, 0.25) is 0 Å². The van der Waals surface area contributed by atoms with Gasteiger partial charge in [-0.15, -0.1) is 0 Å². The summed E-state index contributed by atoms with van der Waals surface area (Å²) in [5, 5.41) is 3.71. The van der Waals surface area contributed by atoms with E-state index in [9.17, 15) is 0 Å². The van der Waals surface area contributed by atoms with Crippen molar-refractivity contribution in [3.63, 3.8) is 0 Å². The molecule has 0 spiro atoms. The molecule has 0 amide bonds. The molecule has 106 valence electrons. The Kier molecular flexibility index (Phi) is 5.08. The van der Waals surface area contributed by atoms with E-state index in [4.69, 9.17) is 0 Å². The summed E-state index contributed by atoms with van der Waals surface area (Å²) in [5.74, 6) is 0.901. The number of rotatable bonds is 3. The Morgan fingerprint density at radius 1 is 1.05 bits per heavy atom. The molecule has 1 N–H and O–H groups in total. The van der Waals surface area contributed by atoms with Gasteiger partial charge in [-0.05, 0) is 54.7 Å². The van der Waals surface area contributed by atoms with Gasteiger partial charge in [0.05, 0.1) is 0 Å². The zero-order valence-corrected chi connectivity index (χ0v) is 14.0. The monoisotopic (exact) mass is 323 g/mol. The number of hydrogen-bond donors (Lipinski definition) is 1. The fraction of sp³-hybridized carbons (Fsp3) is 0.647. The van der Waals surface area contributed by atoms with Gasteiger partial charge >= 0.3 is 0 Å². The van der Waals surface area contributed by atoms with E-state index in [1.807, 2.05) is 0 Å². The summed E-state index contributed by atoms with van der Waals surface area (Å²) in [6.07, 6.45) is 5.42. The lowest BCUT2D eigenvalue weighted by molar-refractivity contribution is 0.160. The highest BCUT2D eigenvalue weighted by Gasteiger charge is 2.29. The highest BCUT2D eigenvalue weighted by molar-refractivity contribution is 9.10. The second-order valence-corrected chi connectivity index (χ2v) is 7.84. The molecule has 0 saturated heterocycles. The largest absolute Gasteiger partial charge is 0.310 e. The average Bonchev–Trinajstić information content (AvgIpc) is 2.37. The molecule has 1 aromatic carbocycles. The van der Waals surface area contributed by atoms with Crippen molar-refractivity contribution < 1.29 is 0 Å². The fourth-order valence-electron chi connectivity index (χ4n) is 3.03. The number of nitrogens with one attached hydrogen (secondary N) is 1. The summed E-state index contributed by atoms with van der Waals surface area (Å²) in [7, 11) is 0. The summed E-state index contributed by atoms with van der Waals surface area (Å²) in [6, 6.07) is 9.33. The normalized spacial score (nSPS) is 24.4. The third-order valence-electron chi connectivity index (χ3n) is 4.46. The van der Waals surface area contributed by atoms with E-state index in [0.29, 0.717) is 11.5 Å². The van der Waals surface area contributed by atoms with Crippen LogP contribution in [0.2, 0.25) is 0 Å². The van der Waals surface area contributed by atoms with Crippen LogP contribution in [0.1, 0.15) is 52.0 Å². The van der Waals surface area contributed by atoms with Crippen LogP contribution in [-0.2, 0) is 6.54 Å². The molecule has 0 aromatic heterocycles. The minimum absolute atomic E-state index is 0.483. The van der Waals surface area contributed by atoms with Gasteiger partial charge in [-0.2, -0.15) is 0 Å². The van der Waals surface area contributed by atoms with Crippen molar-refractivity contribution in [2.45, 2.75) is 59.0 Å². The minimum atomic E-state index is 0.483. The maximum atomic E-state index is 3.71. The van der Waals surface area contributed by atoms with Crippen molar-refractivity contribution in [3.05, 3.63) is 34.3 Å². The Morgan fingerprint density at radius 2 is 1.63 bits per heavy atom. The number of benzene rings is 1. The van der Waals surface area contributed by atoms with Gasteiger partial charge in [0, 0.05) is 17.1 Å². The van der Waals surface area contributed by atoms with Crippen LogP contribution in [0.15, 0.2) is 28.7 Å². The predicted octanol–water partition coefficient (Wildman–Crippen LogP) is 5.14. The topological polar surface area (TPSA) is 12.0 Å². The van der Waals surface area contributed by atoms with Gasteiger partial charge in [-0.3, -0.25) is 0 Å². The summed E-state index contributed by atoms with van der Waals surface area (Å²) < 4.78 is 1.15.